The zero-order valence-electron chi connectivity index (χ0n) is 16.3. The number of nitrogens with zero attached hydrogens (tertiary/aromatic N) is 1. The van der Waals surface area contributed by atoms with Crippen LogP contribution in [0.1, 0.15) is 10.4 Å². The maximum absolute atomic E-state index is 12.5. The van der Waals surface area contributed by atoms with Crippen molar-refractivity contribution in [2.24, 2.45) is 0 Å². The summed E-state index contributed by atoms with van der Waals surface area (Å²) in [6.07, 6.45) is -0.191. The molecule has 0 bridgehead atoms. The maximum atomic E-state index is 12.5. The highest BCUT2D eigenvalue weighted by Gasteiger charge is 2.26. The van der Waals surface area contributed by atoms with E-state index < -0.39 is 0 Å². The molecule has 1 saturated heterocycles. The fraction of sp³-hybridized carbons (Fsp3) is 0.364. The number of rotatable bonds is 5. The summed E-state index contributed by atoms with van der Waals surface area (Å²) < 4.78 is 11.5. The zero-order valence-corrected chi connectivity index (χ0v) is 16.3. The number of nitrogens with one attached hydrogen (secondary N) is 2. The van der Waals surface area contributed by atoms with Crippen LogP contribution in [0.5, 0.6) is 11.5 Å². The highest BCUT2D eigenvalue weighted by molar-refractivity contribution is 5.94. The first kappa shape index (κ1) is 19.3. The fourth-order valence-corrected chi connectivity index (χ4v) is 3.65. The molecule has 0 unspecified atom stereocenters. The molecule has 0 aromatic heterocycles. The van der Waals surface area contributed by atoms with Crippen molar-refractivity contribution in [3.8, 4) is 11.5 Å². The molecule has 2 amide bonds. The summed E-state index contributed by atoms with van der Waals surface area (Å²) in [4.78, 5) is 27.9. The predicted octanol–water partition coefficient (Wildman–Crippen LogP) is -0.0165. The molecular weight excluding hydrogens is 370 g/mol. The average Bonchev–Trinajstić information content (AvgIpc) is 2.78. The van der Waals surface area contributed by atoms with Gasteiger partial charge in [-0.15, -0.1) is 0 Å². The van der Waals surface area contributed by atoms with Gasteiger partial charge < -0.3 is 24.6 Å². The molecule has 0 radical (unpaired) electrons. The van der Waals surface area contributed by atoms with Gasteiger partial charge in [-0.05, 0) is 24.3 Å². The van der Waals surface area contributed by atoms with Crippen molar-refractivity contribution in [3.05, 3.63) is 60.2 Å². The van der Waals surface area contributed by atoms with E-state index in [1.807, 2.05) is 59.5 Å². The second-order valence-electron chi connectivity index (χ2n) is 7.39. The lowest BCUT2D eigenvalue weighted by Crippen LogP contribution is -3.15. The second kappa shape index (κ2) is 8.96. The standard InChI is InChI=1S/C22H25N3O4/c26-21(23-14-18-16-28-19-8-4-5-9-20(19)29-18)15-24-10-12-25(13-11-24)22(27)17-6-2-1-3-7-17/h1-9,18H,10-16H2,(H,23,26)/p+1/t18-/m1/s1. The third-order valence-corrected chi connectivity index (χ3v) is 5.28. The third-order valence-electron chi connectivity index (χ3n) is 5.28. The summed E-state index contributed by atoms with van der Waals surface area (Å²) in [6, 6.07) is 16.9. The van der Waals surface area contributed by atoms with Gasteiger partial charge >= 0.3 is 0 Å². The molecule has 1 atom stereocenters. The van der Waals surface area contributed by atoms with Gasteiger partial charge in [0.1, 0.15) is 12.7 Å². The highest BCUT2D eigenvalue weighted by Crippen LogP contribution is 2.30. The van der Waals surface area contributed by atoms with Crippen LogP contribution in [0, 0.1) is 0 Å². The van der Waals surface area contributed by atoms with Crippen LogP contribution in [0.3, 0.4) is 0 Å². The number of hydrogen-bond acceptors (Lipinski definition) is 4. The molecule has 2 heterocycles. The normalized spacial score (nSPS) is 18.9. The third kappa shape index (κ3) is 4.86. The molecule has 7 heteroatoms. The molecule has 2 aromatic rings. The molecule has 2 aromatic carbocycles. The van der Waals surface area contributed by atoms with E-state index in [2.05, 4.69) is 5.32 Å². The predicted molar refractivity (Wildman–Crippen MR) is 107 cm³/mol. The molecule has 2 aliphatic heterocycles. The van der Waals surface area contributed by atoms with Gasteiger partial charge in [0.25, 0.3) is 11.8 Å². The molecule has 0 saturated carbocycles. The van der Waals surface area contributed by atoms with Gasteiger partial charge in [0, 0.05) is 5.56 Å². The van der Waals surface area contributed by atoms with Crippen LogP contribution in [0.15, 0.2) is 54.6 Å². The number of carbonyl (C=O) groups excluding carboxylic acids is 2. The highest BCUT2D eigenvalue weighted by atomic mass is 16.6. The topological polar surface area (TPSA) is 72.3 Å². The minimum Gasteiger partial charge on any atom is -0.486 e. The molecule has 0 spiro atoms. The van der Waals surface area contributed by atoms with Crippen molar-refractivity contribution >= 4 is 11.8 Å². The van der Waals surface area contributed by atoms with Gasteiger partial charge in [0.05, 0.1) is 32.7 Å². The van der Waals surface area contributed by atoms with Crippen molar-refractivity contribution < 1.29 is 24.0 Å². The van der Waals surface area contributed by atoms with Crippen molar-refractivity contribution in [2.45, 2.75) is 6.10 Å². The Hall–Kier alpha value is -3.06. The Bertz CT molecular complexity index is 850. The minimum absolute atomic E-state index is 0.00899. The second-order valence-corrected chi connectivity index (χ2v) is 7.39. The number of benzene rings is 2. The van der Waals surface area contributed by atoms with Crippen LogP contribution in [0.4, 0.5) is 0 Å². The summed E-state index contributed by atoms with van der Waals surface area (Å²) in [7, 11) is 0. The van der Waals surface area contributed by atoms with E-state index >= 15 is 0 Å². The summed E-state index contributed by atoms with van der Waals surface area (Å²) in [6.45, 7) is 4.09. The summed E-state index contributed by atoms with van der Waals surface area (Å²) in [5.41, 5.74) is 0.713. The monoisotopic (exact) mass is 396 g/mol. The average molecular weight is 396 g/mol. The summed E-state index contributed by atoms with van der Waals surface area (Å²) >= 11 is 0. The van der Waals surface area contributed by atoms with Crippen LogP contribution in [-0.4, -0.2) is 68.7 Å². The van der Waals surface area contributed by atoms with Crippen molar-refractivity contribution in [1.29, 1.82) is 0 Å². The lowest BCUT2D eigenvalue weighted by Gasteiger charge is -2.32. The van der Waals surface area contributed by atoms with E-state index in [-0.39, 0.29) is 17.9 Å². The van der Waals surface area contributed by atoms with Gasteiger partial charge in [-0.25, -0.2) is 0 Å². The number of carbonyl (C=O) groups is 2. The fourth-order valence-electron chi connectivity index (χ4n) is 3.65. The Kier molecular flexibility index (Phi) is 5.95. The van der Waals surface area contributed by atoms with Crippen LogP contribution >= 0.6 is 0 Å². The molecule has 29 heavy (non-hydrogen) atoms. The number of amides is 2. The quantitative estimate of drug-likeness (QED) is 0.746. The van der Waals surface area contributed by atoms with E-state index in [9.17, 15) is 9.59 Å². The number of ether oxygens (including phenoxy) is 2. The van der Waals surface area contributed by atoms with E-state index in [1.165, 1.54) is 4.90 Å². The van der Waals surface area contributed by atoms with Crippen molar-refractivity contribution in [3.63, 3.8) is 0 Å². The Morgan fingerprint density at radius 1 is 1.00 bits per heavy atom. The Morgan fingerprint density at radius 2 is 1.69 bits per heavy atom. The molecule has 2 aliphatic rings. The van der Waals surface area contributed by atoms with Gasteiger partial charge in [-0.1, -0.05) is 30.3 Å². The zero-order chi connectivity index (χ0) is 20.1. The molecule has 152 valence electrons. The number of hydrogen-bond donors (Lipinski definition) is 2. The van der Waals surface area contributed by atoms with Gasteiger partial charge in [-0.2, -0.15) is 0 Å². The lowest BCUT2D eigenvalue weighted by atomic mass is 10.2. The number of quaternary nitrogens is 1. The first-order valence-electron chi connectivity index (χ1n) is 10.0. The largest absolute Gasteiger partial charge is 0.486 e. The van der Waals surface area contributed by atoms with Gasteiger partial charge in [0.15, 0.2) is 18.0 Å². The molecule has 0 aliphatic carbocycles. The van der Waals surface area contributed by atoms with Gasteiger partial charge in [0.2, 0.25) is 0 Å². The van der Waals surface area contributed by atoms with Crippen LogP contribution in [-0.2, 0) is 4.79 Å². The van der Waals surface area contributed by atoms with Crippen LogP contribution < -0.4 is 19.7 Å². The number of para-hydroxylation sites is 2. The van der Waals surface area contributed by atoms with Crippen molar-refractivity contribution in [1.82, 2.24) is 10.2 Å². The number of piperazine rings is 1. The molecule has 7 nitrogen and oxygen atoms in total. The molecule has 2 N–H and O–H groups in total. The van der Waals surface area contributed by atoms with E-state index in [1.54, 1.807) is 0 Å². The molecule has 1 fully saturated rings. The van der Waals surface area contributed by atoms with Crippen molar-refractivity contribution in [2.75, 3.05) is 45.9 Å². The SMILES string of the molecule is O=C(C[NH+]1CCN(C(=O)c2ccccc2)CC1)NC[C@@H]1COc2ccccc2O1. The first-order chi connectivity index (χ1) is 14.2. The Labute approximate surface area is 170 Å². The van der Waals surface area contributed by atoms with Crippen LogP contribution in [0.2, 0.25) is 0 Å². The van der Waals surface area contributed by atoms with E-state index in [0.29, 0.717) is 44.1 Å². The first-order valence-corrected chi connectivity index (χ1v) is 10.0. The summed E-state index contributed by atoms with van der Waals surface area (Å²) in [5.74, 6) is 1.50. The lowest BCUT2D eigenvalue weighted by molar-refractivity contribution is -0.896. The van der Waals surface area contributed by atoms with E-state index in [4.69, 9.17) is 9.47 Å². The Morgan fingerprint density at radius 3 is 2.45 bits per heavy atom. The van der Waals surface area contributed by atoms with E-state index in [0.717, 1.165) is 18.8 Å². The maximum Gasteiger partial charge on any atom is 0.275 e. The van der Waals surface area contributed by atoms with Crippen LogP contribution in [0.25, 0.3) is 0 Å². The smallest absolute Gasteiger partial charge is 0.275 e. The molecule has 4 rings (SSSR count). The molecular formula is C22H26N3O4+. The Balaban J connectivity index is 1.18. The van der Waals surface area contributed by atoms with Gasteiger partial charge in [-0.3, -0.25) is 9.59 Å². The minimum atomic E-state index is -0.191. The number of fused-ring (bicyclic) bond motifs is 1. The summed E-state index contributed by atoms with van der Waals surface area (Å²) in [5, 5.41) is 2.94.